The van der Waals surface area contributed by atoms with Crippen LogP contribution in [0, 0.1) is 12.7 Å². The number of aromatic hydroxyl groups is 1. The highest BCUT2D eigenvalue weighted by Crippen LogP contribution is 2.34. The number of nitrogens with zero attached hydrogens (tertiary/aromatic N) is 2. The van der Waals surface area contributed by atoms with E-state index in [1.807, 2.05) is 38.1 Å². The van der Waals surface area contributed by atoms with E-state index in [2.05, 4.69) is 11.9 Å². The number of halogens is 1. The van der Waals surface area contributed by atoms with Crippen LogP contribution in [0.4, 0.5) is 10.1 Å². The Morgan fingerprint density at radius 1 is 1.19 bits per heavy atom. The van der Waals surface area contributed by atoms with Crippen LogP contribution in [0.2, 0.25) is 0 Å². The average Bonchev–Trinajstić information content (AvgIpc) is 2.65. The first-order valence-electron chi connectivity index (χ1n) is 9.38. The van der Waals surface area contributed by atoms with Crippen LogP contribution in [0.3, 0.4) is 0 Å². The maximum Gasteiger partial charge on any atom is 0.165 e. The highest BCUT2D eigenvalue weighted by atomic mass is 19.1. The van der Waals surface area contributed by atoms with Crippen LogP contribution in [-0.4, -0.2) is 42.0 Å². The van der Waals surface area contributed by atoms with Crippen LogP contribution >= 0.6 is 0 Å². The first-order chi connectivity index (χ1) is 13.0. The fourth-order valence-corrected chi connectivity index (χ4v) is 3.39. The number of para-hydroxylation sites is 2. The van der Waals surface area contributed by atoms with Crippen LogP contribution < -0.4 is 0 Å². The predicted octanol–water partition coefficient (Wildman–Crippen LogP) is 4.78. The normalized spacial score (nSPS) is 17.9. The van der Waals surface area contributed by atoms with Crippen molar-refractivity contribution in [2.75, 3.05) is 20.1 Å². The zero-order valence-corrected chi connectivity index (χ0v) is 16.2. The topological polar surface area (TPSA) is 45.1 Å². The van der Waals surface area contributed by atoms with E-state index in [4.69, 9.17) is 9.73 Å². The largest absolute Gasteiger partial charge is 0.505 e. The van der Waals surface area contributed by atoms with Gasteiger partial charge in [0.05, 0.1) is 11.8 Å². The van der Waals surface area contributed by atoms with Gasteiger partial charge in [0, 0.05) is 24.4 Å². The third-order valence-corrected chi connectivity index (χ3v) is 5.09. The van der Waals surface area contributed by atoms with Crippen molar-refractivity contribution in [3.05, 3.63) is 59.4 Å². The van der Waals surface area contributed by atoms with Crippen molar-refractivity contribution in [3.63, 3.8) is 0 Å². The lowest BCUT2D eigenvalue weighted by atomic mass is 10.0. The third kappa shape index (κ3) is 4.73. The van der Waals surface area contributed by atoms with Crippen LogP contribution in [0.25, 0.3) is 0 Å². The number of phenols is 1. The van der Waals surface area contributed by atoms with Gasteiger partial charge in [0.25, 0.3) is 0 Å². The lowest BCUT2D eigenvalue weighted by Gasteiger charge is -2.32. The summed E-state index contributed by atoms with van der Waals surface area (Å²) in [4.78, 5) is 7.00. The minimum Gasteiger partial charge on any atom is -0.505 e. The molecule has 5 heteroatoms. The molecule has 2 aromatic rings. The molecule has 3 rings (SSSR count). The summed E-state index contributed by atoms with van der Waals surface area (Å²) in [5, 5.41) is 10.3. The molecule has 1 fully saturated rings. The molecule has 1 N–H and O–H groups in total. The molecule has 0 bridgehead atoms. The quantitative estimate of drug-likeness (QED) is 0.770. The molecule has 1 heterocycles. The molecule has 0 spiro atoms. The van der Waals surface area contributed by atoms with Gasteiger partial charge in [-0.05, 0) is 51.4 Å². The predicted molar refractivity (Wildman–Crippen MR) is 106 cm³/mol. The second-order valence-corrected chi connectivity index (χ2v) is 7.24. The highest BCUT2D eigenvalue weighted by molar-refractivity contribution is 5.90. The molecule has 2 aromatic carbocycles. The van der Waals surface area contributed by atoms with Gasteiger partial charge in [0.1, 0.15) is 6.10 Å². The smallest absolute Gasteiger partial charge is 0.165 e. The van der Waals surface area contributed by atoms with Gasteiger partial charge in [0.2, 0.25) is 0 Å². The van der Waals surface area contributed by atoms with Crippen molar-refractivity contribution in [1.82, 2.24) is 4.90 Å². The summed E-state index contributed by atoms with van der Waals surface area (Å²) in [6.45, 7) is 5.79. The minimum atomic E-state index is -0.645. The fourth-order valence-electron chi connectivity index (χ4n) is 3.39. The zero-order chi connectivity index (χ0) is 19.4. The van der Waals surface area contributed by atoms with E-state index in [1.165, 1.54) is 6.07 Å². The molecule has 0 aliphatic carbocycles. The number of benzene rings is 2. The number of aryl methyl sites for hydroxylation is 1. The van der Waals surface area contributed by atoms with Crippen molar-refractivity contribution >= 4 is 11.4 Å². The van der Waals surface area contributed by atoms with Crippen molar-refractivity contribution in [3.8, 4) is 5.75 Å². The number of phenolic OH excluding ortho intramolecular Hbond substituents is 1. The molecule has 144 valence electrons. The Hall–Kier alpha value is -2.24. The molecule has 1 unspecified atom stereocenters. The zero-order valence-electron chi connectivity index (χ0n) is 16.2. The Bertz CT molecular complexity index is 814. The van der Waals surface area contributed by atoms with Crippen molar-refractivity contribution < 1.29 is 14.2 Å². The Morgan fingerprint density at radius 3 is 2.59 bits per heavy atom. The van der Waals surface area contributed by atoms with E-state index in [0.29, 0.717) is 11.3 Å². The maximum atomic E-state index is 14.0. The van der Waals surface area contributed by atoms with E-state index in [1.54, 1.807) is 12.1 Å². The van der Waals surface area contributed by atoms with Crippen LogP contribution in [0.5, 0.6) is 5.75 Å². The van der Waals surface area contributed by atoms with Gasteiger partial charge in [-0.25, -0.2) is 4.39 Å². The summed E-state index contributed by atoms with van der Waals surface area (Å²) in [5.74, 6) is -1.01. The van der Waals surface area contributed by atoms with Crippen LogP contribution in [0.15, 0.2) is 47.5 Å². The summed E-state index contributed by atoms with van der Waals surface area (Å²) in [5.41, 5.74) is 3.02. The molecule has 1 atom stereocenters. The molecular formula is C22H27FN2O2. The molecule has 4 nitrogen and oxygen atoms in total. The van der Waals surface area contributed by atoms with Crippen molar-refractivity contribution in [2.45, 2.75) is 38.9 Å². The minimum absolute atomic E-state index is 0.0517. The molecule has 1 saturated heterocycles. The summed E-state index contributed by atoms with van der Waals surface area (Å²) in [7, 11) is 2.09. The van der Waals surface area contributed by atoms with E-state index >= 15 is 0 Å². The van der Waals surface area contributed by atoms with Crippen molar-refractivity contribution in [2.24, 2.45) is 4.99 Å². The molecule has 0 radical (unpaired) electrons. The van der Waals surface area contributed by atoms with Crippen molar-refractivity contribution in [1.29, 1.82) is 0 Å². The highest BCUT2D eigenvalue weighted by Gasteiger charge is 2.27. The molecule has 1 aliphatic rings. The molecule has 1 aliphatic heterocycles. The van der Waals surface area contributed by atoms with Crippen LogP contribution in [0.1, 0.15) is 37.0 Å². The van der Waals surface area contributed by atoms with Crippen LogP contribution in [-0.2, 0) is 4.74 Å². The molecule has 27 heavy (non-hydrogen) atoms. The first-order valence-corrected chi connectivity index (χ1v) is 9.38. The number of rotatable bonds is 5. The summed E-state index contributed by atoms with van der Waals surface area (Å²) < 4.78 is 20.3. The monoisotopic (exact) mass is 370 g/mol. The van der Waals surface area contributed by atoms with E-state index < -0.39 is 11.9 Å². The number of likely N-dealkylation sites (tertiary alicyclic amines) is 1. The van der Waals surface area contributed by atoms with Gasteiger partial charge in [0.15, 0.2) is 11.6 Å². The lowest BCUT2D eigenvalue weighted by Crippen LogP contribution is -2.35. The fraction of sp³-hybridized carbons (Fsp3) is 0.409. The van der Waals surface area contributed by atoms with Gasteiger partial charge in [-0.1, -0.05) is 30.3 Å². The standard InChI is InChI=1S/C22H27FN2O2/c1-15-7-4-5-10-20(15)24-16(2)22(18-8-6-9-19(23)21(18)26)27-17-11-13-25(3)14-12-17/h4-10,17,22,26H,11-14H2,1-3H3. The van der Waals surface area contributed by atoms with E-state index in [0.717, 1.165) is 37.2 Å². The number of ether oxygens (including phenoxy) is 1. The number of hydrogen-bond acceptors (Lipinski definition) is 4. The average molecular weight is 370 g/mol. The van der Waals surface area contributed by atoms with Gasteiger partial charge in [-0.3, -0.25) is 4.99 Å². The molecule has 0 aromatic heterocycles. The summed E-state index contributed by atoms with van der Waals surface area (Å²) in [6.07, 6.45) is 1.27. The number of aliphatic imine (C=N–C) groups is 1. The number of hydrogen-bond donors (Lipinski definition) is 1. The second kappa shape index (κ2) is 8.63. The first kappa shape index (κ1) is 19.5. The Balaban J connectivity index is 1.94. The summed E-state index contributed by atoms with van der Waals surface area (Å²) >= 11 is 0. The molecule has 0 amide bonds. The molecule has 0 saturated carbocycles. The van der Waals surface area contributed by atoms with Gasteiger partial charge in [-0.2, -0.15) is 0 Å². The third-order valence-electron chi connectivity index (χ3n) is 5.09. The van der Waals surface area contributed by atoms with E-state index in [-0.39, 0.29) is 11.9 Å². The lowest BCUT2D eigenvalue weighted by molar-refractivity contribution is -0.0130. The summed E-state index contributed by atoms with van der Waals surface area (Å²) in [6, 6.07) is 12.4. The molecular weight excluding hydrogens is 343 g/mol. The SMILES string of the molecule is CC(=Nc1ccccc1C)C(OC1CCN(C)CC1)c1cccc(F)c1O. The Labute approximate surface area is 160 Å². The van der Waals surface area contributed by atoms with Gasteiger partial charge in [-0.15, -0.1) is 0 Å². The maximum absolute atomic E-state index is 14.0. The van der Waals surface area contributed by atoms with E-state index in [9.17, 15) is 9.50 Å². The number of piperidine rings is 1. The van der Waals surface area contributed by atoms with Gasteiger partial charge >= 0.3 is 0 Å². The second-order valence-electron chi connectivity index (χ2n) is 7.24. The van der Waals surface area contributed by atoms with Gasteiger partial charge < -0.3 is 14.7 Å². The Morgan fingerprint density at radius 2 is 1.89 bits per heavy atom. The Kier molecular flexibility index (Phi) is 6.24.